The molecule has 9 heteroatoms. The number of para-hydroxylation sites is 1. The van der Waals surface area contributed by atoms with Gasteiger partial charge in [-0.05, 0) is 31.7 Å². The third-order valence-electron chi connectivity index (χ3n) is 5.53. The second-order valence-electron chi connectivity index (χ2n) is 7.69. The number of rotatable bonds is 5. The van der Waals surface area contributed by atoms with Crippen LogP contribution in [0.1, 0.15) is 67.4 Å². The quantitative estimate of drug-likeness (QED) is 0.361. The summed E-state index contributed by atoms with van der Waals surface area (Å²) in [6, 6.07) is 8.14. The molecule has 1 unspecified atom stereocenters. The first-order valence-corrected chi connectivity index (χ1v) is 10.0. The van der Waals surface area contributed by atoms with Crippen LogP contribution < -0.4 is 15.8 Å². The zero-order chi connectivity index (χ0) is 18.9. The molecule has 3 aliphatic rings. The maximum atomic E-state index is 6.13. The van der Waals surface area contributed by atoms with E-state index in [0.717, 1.165) is 49.2 Å². The summed E-state index contributed by atoms with van der Waals surface area (Å²) in [5.41, 5.74) is 7.25. The largest absolute Gasteiger partial charge is 0.493 e. The Morgan fingerprint density at radius 1 is 1.17 bits per heavy atom. The first kappa shape index (κ1) is 20.4. The minimum Gasteiger partial charge on any atom is -0.493 e. The Hall–Kier alpha value is -1.88. The van der Waals surface area contributed by atoms with Gasteiger partial charge in [-0.2, -0.15) is 4.98 Å². The number of fused-ring (bicyclic) bond motifs is 1. The molecule has 0 bridgehead atoms. The molecule has 8 nitrogen and oxygen atoms in total. The van der Waals surface area contributed by atoms with Crippen LogP contribution in [0.4, 0.5) is 0 Å². The molecule has 3 N–H and O–H groups in total. The summed E-state index contributed by atoms with van der Waals surface area (Å²) in [5, 5.41) is 7.39. The third kappa shape index (κ3) is 4.66. The topological polar surface area (TPSA) is 108 Å². The van der Waals surface area contributed by atoms with Crippen LogP contribution in [0.15, 0.2) is 33.8 Å². The van der Waals surface area contributed by atoms with Crippen molar-refractivity contribution in [2.24, 2.45) is 10.7 Å². The molecule has 3 heterocycles. The van der Waals surface area contributed by atoms with Gasteiger partial charge in [0.2, 0.25) is 0 Å². The number of aliphatic imine (C=N–C) groups is 1. The highest BCUT2D eigenvalue weighted by Crippen LogP contribution is 2.40. The number of nitrogens with one attached hydrogen (secondary N) is 1. The van der Waals surface area contributed by atoms with Crippen molar-refractivity contribution in [3.63, 3.8) is 0 Å². The Kier molecular flexibility index (Phi) is 6.23. The number of hydrogen-bond donors (Lipinski definition) is 2. The summed E-state index contributed by atoms with van der Waals surface area (Å²) in [6.07, 6.45) is 4.84. The van der Waals surface area contributed by atoms with E-state index in [1.807, 2.05) is 18.2 Å². The smallest absolute Gasteiger partial charge is 0.255 e. The summed E-state index contributed by atoms with van der Waals surface area (Å²) >= 11 is 0. The lowest BCUT2D eigenvalue weighted by Gasteiger charge is -2.27. The molecule has 3 atom stereocenters. The van der Waals surface area contributed by atoms with E-state index in [2.05, 4.69) is 26.5 Å². The standard InChI is InChI=1S/C20H25N5O3.HI/c21-20(23-15-9-10-26-16-4-2-1-3-14(15)16)22-11-13-7-8-17(27-13)19-24-18(25-28-19)12-5-6-12;/h1-4,12-13,15,17H,5-11H2,(H3,21,22,23);1H/t13-,15?,17+;/m1./s1. The van der Waals surface area contributed by atoms with Crippen LogP contribution in [0.2, 0.25) is 0 Å². The van der Waals surface area contributed by atoms with Gasteiger partial charge in [0.05, 0.1) is 25.3 Å². The molecule has 0 amide bonds. The van der Waals surface area contributed by atoms with Crippen LogP contribution in [-0.4, -0.2) is 35.4 Å². The van der Waals surface area contributed by atoms with Crippen molar-refractivity contribution in [2.75, 3.05) is 13.2 Å². The zero-order valence-corrected chi connectivity index (χ0v) is 18.5. The lowest BCUT2D eigenvalue weighted by atomic mass is 10.0. The van der Waals surface area contributed by atoms with Crippen LogP contribution in [0.3, 0.4) is 0 Å². The van der Waals surface area contributed by atoms with Crippen LogP contribution in [-0.2, 0) is 4.74 Å². The lowest BCUT2D eigenvalue weighted by molar-refractivity contribution is 0.0309. The number of ether oxygens (including phenoxy) is 2. The van der Waals surface area contributed by atoms with Crippen molar-refractivity contribution in [2.45, 2.75) is 56.3 Å². The fourth-order valence-electron chi connectivity index (χ4n) is 3.82. The summed E-state index contributed by atoms with van der Waals surface area (Å²) in [5.74, 6) is 3.25. The highest BCUT2D eigenvalue weighted by molar-refractivity contribution is 14.0. The molecule has 1 aliphatic carbocycles. The second kappa shape index (κ2) is 8.86. The highest BCUT2D eigenvalue weighted by Gasteiger charge is 2.34. The molecule has 156 valence electrons. The number of benzene rings is 1. The molecule has 5 rings (SSSR count). The Labute approximate surface area is 186 Å². The maximum absolute atomic E-state index is 6.13. The Morgan fingerprint density at radius 2 is 2.03 bits per heavy atom. The van der Waals surface area contributed by atoms with Gasteiger partial charge < -0.3 is 25.0 Å². The predicted molar refractivity (Wildman–Crippen MR) is 117 cm³/mol. The van der Waals surface area contributed by atoms with Crippen molar-refractivity contribution in [1.82, 2.24) is 15.5 Å². The van der Waals surface area contributed by atoms with E-state index in [9.17, 15) is 0 Å². The molecule has 2 aliphatic heterocycles. The number of aromatic nitrogens is 2. The van der Waals surface area contributed by atoms with E-state index in [4.69, 9.17) is 19.7 Å². The van der Waals surface area contributed by atoms with Gasteiger partial charge >= 0.3 is 0 Å². The van der Waals surface area contributed by atoms with E-state index in [1.54, 1.807) is 0 Å². The van der Waals surface area contributed by atoms with Gasteiger partial charge in [0.15, 0.2) is 11.8 Å². The normalized spacial score (nSPS) is 26.3. The summed E-state index contributed by atoms with van der Waals surface area (Å²) in [4.78, 5) is 8.99. The maximum Gasteiger partial charge on any atom is 0.255 e. The zero-order valence-electron chi connectivity index (χ0n) is 16.1. The van der Waals surface area contributed by atoms with Gasteiger partial charge in [0.25, 0.3) is 5.89 Å². The molecule has 1 aromatic carbocycles. The van der Waals surface area contributed by atoms with Gasteiger partial charge in [-0.15, -0.1) is 24.0 Å². The summed E-state index contributed by atoms with van der Waals surface area (Å²) in [6.45, 7) is 1.19. The van der Waals surface area contributed by atoms with Crippen molar-refractivity contribution < 1.29 is 14.0 Å². The molecule has 1 saturated carbocycles. The summed E-state index contributed by atoms with van der Waals surface area (Å²) < 4.78 is 17.1. The average Bonchev–Trinajstić information content (AvgIpc) is 3.26. The monoisotopic (exact) mass is 511 g/mol. The van der Waals surface area contributed by atoms with E-state index in [0.29, 0.717) is 30.9 Å². The van der Waals surface area contributed by atoms with E-state index < -0.39 is 0 Å². The molecule has 2 fully saturated rings. The highest BCUT2D eigenvalue weighted by atomic mass is 127. The van der Waals surface area contributed by atoms with Crippen molar-refractivity contribution in [3.8, 4) is 5.75 Å². The molecule has 1 aromatic heterocycles. The number of guanidine groups is 1. The van der Waals surface area contributed by atoms with Gasteiger partial charge in [0, 0.05) is 17.9 Å². The van der Waals surface area contributed by atoms with Gasteiger partial charge in [-0.1, -0.05) is 23.4 Å². The van der Waals surface area contributed by atoms with Gasteiger partial charge in [-0.3, -0.25) is 4.99 Å². The number of hydrogen-bond acceptors (Lipinski definition) is 6. The van der Waals surface area contributed by atoms with Crippen LogP contribution >= 0.6 is 24.0 Å². The Balaban J connectivity index is 0.00000205. The fraction of sp³-hybridized carbons (Fsp3) is 0.550. The van der Waals surface area contributed by atoms with Crippen molar-refractivity contribution >= 4 is 29.9 Å². The first-order chi connectivity index (χ1) is 13.8. The van der Waals surface area contributed by atoms with Crippen LogP contribution in [0, 0.1) is 0 Å². The average molecular weight is 511 g/mol. The second-order valence-corrected chi connectivity index (χ2v) is 7.69. The SMILES string of the molecule is I.NC(=NC[C@H]1CC[C@@H](c2nc(C3CC3)no2)O1)NC1CCOc2ccccc21. The fourth-order valence-corrected chi connectivity index (χ4v) is 3.82. The Bertz CT molecular complexity index is 869. The molecule has 29 heavy (non-hydrogen) atoms. The first-order valence-electron chi connectivity index (χ1n) is 10.0. The third-order valence-corrected chi connectivity index (χ3v) is 5.53. The van der Waals surface area contributed by atoms with Gasteiger partial charge in [0.1, 0.15) is 11.9 Å². The molecular weight excluding hydrogens is 485 g/mol. The van der Waals surface area contributed by atoms with E-state index >= 15 is 0 Å². The molecule has 1 saturated heterocycles. The number of halogens is 1. The number of nitrogens with two attached hydrogens (primary N) is 1. The van der Waals surface area contributed by atoms with Crippen molar-refractivity contribution in [3.05, 3.63) is 41.5 Å². The van der Waals surface area contributed by atoms with Gasteiger partial charge in [-0.25, -0.2) is 0 Å². The molecule has 2 aromatic rings. The Morgan fingerprint density at radius 3 is 2.90 bits per heavy atom. The van der Waals surface area contributed by atoms with E-state index in [-0.39, 0.29) is 42.2 Å². The molecular formula is C20H26IN5O3. The molecule has 0 spiro atoms. The van der Waals surface area contributed by atoms with Crippen LogP contribution in [0.5, 0.6) is 5.75 Å². The minimum absolute atomic E-state index is 0. The summed E-state index contributed by atoms with van der Waals surface area (Å²) in [7, 11) is 0. The molecule has 0 radical (unpaired) electrons. The van der Waals surface area contributed by atoms with E-state index in [1.165, 1.54) is 0 Å². The van der Waals surface area contributed by atoms with Crippen molar-refractivity contribution in [1.29, 1.82) is 0 Å². The minimum atomic E-state index is -0.128. The number of nitrogens with zero attached hydrogens (tertiary/aromatic N) is 3. The van der Waals surface area contributed by atoms with Crippen LogP contribution in [0.25, 0.3) is 0 Å². The predicted octanol–water partition coefficient (Wildman–Crippen LogP) is 3.21. The lowest BCUT2D eigenvalue weighted by Crippen LogP contribution is -2.37.